The number of nitrogens with one attached hydrogen (secondary N) is 1. The Morgan fingerprint density at radius 1 is 1.14 bits per heavy atom. The lowest BCUT2D eigenvalue weighted by Gasteiger charge is -2.21. The molecule has 3 heteroatoms. The van der Waals surface area contributed by atoms with E-state index < -0.39 is 0 Å². The van der Waals surface area contributed by atoms with Crippen molar-refractivity contribution in [3.05, 3.63) is 59.4 Å². The normalized spacial score (nSPS) is 12.3. The van der Waals surface area contributed by atoms with E-state index >= 15 is 0 Å². The minimum atomic E-state index is 0.392. The number of hydrogen-bond acceptors (Lipinski definition) is 3. The molecule has 0 aliphatic carbocycles. The summed E-state index contributed by atoms with van der Waals surface area (Å²) in [4.78, 5) is 5.35. The van der Waals surface area contributed by atoms with Crippen LogP contribution in [0.15, 0.2) is 47.6 Å². The van der Waals surface area contributed by atoms with E-state index in [2.05, 4.69) is 61.4 Å². The Bertz CT molecular complexity index is 554. The van der Waals surface area contributed by atoms with Crippen LogP contribution in [0.4, 0.5) is 0 Å². The van der Waals surface area contributed by atoms with Crippen LogP contribution in [0.5, 0.6) is 0 Å². The fourth-order valence-corrected chi connectivity index (χ4v) is 3.38. The van der Waals surface area contributed by atoms with Crippen molar-refractivity contribution >= 4 is 11.8 Å². The van der Waals surface area contributed by atoms with Gasteiger partial charge >= 0.3 is 0 Å². The summed E-state index contributed by atoms with van der Waals surface area (Å²) in [7, 11) is 0. The van der Waals surface area contributed by atoms with Gasteiger partial charge < -0.3 is 5.32 Å². The van der Waals surface area contributed by atoms with Crippen LogP contribution in [-0.4, -0.2) is 17.3 Å². The van der Waals surface area contributed by atoms with Gasteiger partial charge in [0, 0.05) is 29.1 Å². The first-order valence-electron chi connectivity index (χ1n) is 7.54. The van der Waals surface area contributed by atoms with Crippen LogP contribution in [0.1, 0.15) is 36.1 Å². The first kappa shape index (κ1) is 16.1. The molecule has 0 saturated carbocycles. The molecule has 0 bridgehead atoms. The third-order valence-corrected chi connectivity index (χ3v) is 4.61. The zero-order chi connectivity index (χ0) is 15.1. The number of benzene rings is 1. The summed E-state index contributed by atoms with van der Waals surface area (Å²) in [6, 6.07) is 11.3. The summed E-state index contributed by atoms with van der Waals surface area (Å²) in [6.45, 7) is 7.62. The van der Waals surface area contributed by atoms with Crippen molar-refractivity contribution in [2.45, 2.75) is 38.1 Å². The summed E-state index contributed by atoms with van der Waals surface area (Å²) >= 11 is 1.88. The van der Waals surface area contributed by atoms with Crippen LogP contribution in [0.25, 0.3) is 0 Å². The van der Waals surface area contributed by atoms with E-state index in [0.717, 1.165) is 18.7 Å². The molecule has 0 aliphatic rings. The highest BCUT2D eigenvalue weighted by atomic mass is 32.2. The molecule has 0 spiro atoms. The molecule has 21 heavy (non-hydrogen) atoms. The molecule has 1 unspecified atom stereocenters. The van der Waals surface area contributed by atoms with Crippen LogP contribution in [0.3, 0.4) is 0 Å². The maximum atomic E-state index is 4.08. The van der Waals surface area contributed by atoms with Gasteiger partial charge in [0.05, 0.1) is 0 Å². The summed E-state index contributed by atoms with van der Waals surface area (Å²) < 4.78 is 0. The van der Waals surface area contributed by atoms with Crippen LogP contribution < -0.4 is 5.32 Å². The van der Waals surface area contributed by atoms with Crippen molar-refractivity contribution in [2.24, 2.45) is 0 Å². The molecule has 112 valence electrons. The Morgan fingerprint density at radius 2 is 1.90 bits per heavy atom. The fourth-order valence-electron chi connectivity index (χ4n) is 2.41. The van der Waals surface area contributed by atoms with Crippen molar-refractivity contribution < 1.29 is 0 Å². The van der Waals surface area contributed by atoms with Gasteiger partial charge in [-0.25, -0.2) is 0 Å². The van der Waals surface area contributed by atoms with Gasteiger partial charge in [0.1, 0.15) is 0 Å². The van der Waals surface area contributed by atoms with Gasteiger partial charge in [-0.1, -0.05) is 30.7 Å². The van der Waals surface area contributed by atoms with E-state index in [1.807, 2.05) is 24.2 Å². The first-order valence-corrected chi connectivity index (χ1v) is 8.52. The monoisotopic (exact) mass is 300 g/mol. The Hall–Kier alpha value is -1.32. The molecule has 0 saturated heterocycles. The number of hydrogen-bond donors (Lipinski definition) is 1. The lowest BCUT2D eigenvalue weighted by Crippen LogP contribution is -2.24. The van der Waals surface area contributed by atoms with E-state index in [0.29, 0.717) is 6.04 Å². The Balaban J connectivity index is 2.10. The number of pyridine rings is 1. The molecule has 0 fully saturated rings. The zero-order valence-electron chi connectivity index (χ0n) is 13.1. The average Bonchev–Trinajstić information content (AvgIpc) is 2.49. The number of aromatic nitrogens is 1. The quantitative estimate of drug-likeness (QED) is 0.760. The van der Waals surface area contributed by atoms with Gasteiger partial charge in [0.2, 0.25) is 0 Å². The minimum Gasteiger partial charge on any atom is -0.309 e. The van der Waals surface area contributed by atoms with Gasteiger partial charge in [0.15, 0.2) is 0 Å². The highest BCUT2D eigenvalue weighted by Crippen LogP contribution is 2.26. The van der Waals surface area contributed by atoms with Gasteiger partial charge in [-0.15, -0.1) is 11.8 Å². The zero-order valence-corrected chi connectivity index (χ0v) is 13.9. The maximum Gasteiger partial charge on any atom is 0.0418 e. The second-order valence-electron chi connectivity index (χ2n) is 5.36. The summed E-state index contributed by atoms with van der Waals surface area (Å²) in [5.41, 5.74) is 4.11. The van der Waals surface area contributed by atoms with E-state index in [-0.39, 0.29) is 0 Å². The number of rotatable bonds is 7. The SMILES string of the molecule is CCCNC(CSc1ccncc1)c1ccc(C)cc1C. The molecule has 1 N–H and O–H groups in total. The van der Waals surface area contributed by atoms with Gasteiger partial charge in [0.25, 0.3) is 0 Å². The molecule has 0 aliphatic heterocycles. The average molecular weight is 300 g/mol. The van der Waals surface area contributed by atoms with Gasteiger partial charge in [-0.2, -0.15) is 0 Å². The van der Waals surface area contributed by atoms with E-state index in [1.54, 1.807) is 0 Å². The lowest BCUT2D eigenvalue weighted by atomic mass is 10.00. The van der Waals surface area contributed by atoms with Gasteiger partial charge in [-0.3, -0.25) is 4.98 Å². The highest BCUT2D eigenvalue weighted by molar-refractivity contribution is 7.99. The molecule has 0 radical (unpaired) electrons. The molecule has 2 rings (SSSR count). The van der Waals surface area contributed by atoms with Crippen LogP contribution in [-0.2, 0) is 0 Å². The molecule has 2 aromatic rings. The maximum absolute atomic E-state index is 4.08. The fraction of sp³-hybridized carbons (Fsp3) is 0.389. The summed E-state index contributed by atoms with van der Waals surface area (Å²) in [5, 5.41) is 3.68. The highest BCUT2D eigenvalue weighted by Gasteiger charge is 2.13. The Kier molecular flexibility index (Phi) is 6.27. The number of thioether (sulfide) groups is 1. The van der Waals surface area contributed by atoms with Crippen molar-refractivity contribution in [1.82, 2.24) is 10.3 Å². The summed E-state index contributed by atoms with van der Waals surface area (Å²) in [6.07, 6.45) is 4.86. The van der Waals surface area contributed by atoms with E-state index in [4.69, 9.17) is 0 Å². The third-order valence-electron chi connectivity index (χ3n) is 3.51. The molecule has 1 atom stereocenters. The van der Waals surface area contributed by atoms with Crippen LogP contribution in [0.2, 0.25) is 0 Å². The molecule has 1 aromatic heterocycles. The molecule has 0 amide bonds. The number of aryl methyl sites for hydroxylation is 2. The van der Waals surface area contributed by atoms with Crippen molar-refractivity contribution in [3.8, 4) is 0 Å². The third kappa shape index (κ3) is 4.87. The van der Waals surface area contributed by atoms with E-state index in [1.165, 1.54) is 21.6 Å². The minimum absolute atomic E-state index is 0.392. The standard InChI is InChI=1S/C18H24N2S/c1-4-9-20-18(13-21-16-7-10-19-11-8-16)17-6-5-14(2)12-15(17)3/h5-8,10-12,18,20H,4,9,13H2,1-3H3. The summed E-state index contributed by atoms with van der Waals surface area (Å²) in [5.74, 6) is 1.04. The Morgan fingerprint density at radius 3 is 2.57 bits per heavy atom. The second kappa shape index (κ2) is 8.20. The van der Waals surface area contributed by atoms with Gasteiger partial charge in [-0.05, 0) is 50.1 Å². The van der Waals surface area contributed by atoms with Crippen LogP contribution in [0, 0.1) is 13.8 Å². The smallest absolute Gasteiger partial charge is 0.0418 e. The number of nitrogens with zero attached hydrogens (tertiary/aromatic N) is 1. The topological polar surface area (TPSA) is 24.9 Å². The molecule has 1 heterocycles. The Labute approximate surface area is 132 Å². The lowest BCUT2D eigenvalue weighted by molar-refractivity contribution is 0.575. The molecule has 1 aromatic carbocycles. The van der Waals surface area contributed by atoms with Crippen molar-refractivity contribution in [1.29, 1.82) is 0 Å². The molecular formula is C18H24N2S. The second-order valence-corrected chi connectivity index (χ2v) is 6.45. The molecular weight excluding hydrogens is 276 g/mol. The van der Waals surface area contributed by atoms with Crippen LogP contribution >= 0.6 is 11.8 Å². The predicted octanol–water partition coefficient (Wildman–Crippen LogP) is 4.53. The van der Waals surface area contributed by atoms with Crippen molar-refractivity contribution in [3.63, 3.8) is 0 Å². The largest absolute Gasteiger partial charge is 0.309 e. The first-order chi connectivity index (χ1) is 10.2. The van der Waals surface area contributed by atoms with Crippen molar-refractivity contribution in [2.75, 3.05) is 12.3 Å². The predicted molar refractivity (Wildman–Crippen MR) is 91.9 cm³/mol. The molecule has 2 nitrogen and oxygen atoms in total. The van der Waals surface area contributed by atoms with E-state index in [9.17, 15) is 0 Å².